The fraction of sp³-hybridized carbons (Fsp3) is 0.444. The van der Waals surface area contributed by atoms with Gasteiger partial charge in [0.1, 0.15) is 11.8 Å². The summed E-state index contributed by atoms with van der Waals surface area (Å²) in [6, 6.07) is 1.03. The number of hydrogen-bond donors (Lipinski definition) is 2. The standard InChI is InChI=1S/C9H10ClN5O4/c10-5-3-6(15(18)19)8(12-4-5)9(17)7(16)1-2-13-14-11/h3-4,7,9,16-17H,1-2H2. The Hall–Kier alpha value is -1.93. The second-order valence-corrected chi connectivity index (χ2v) is 4.01. The Labute approximate surface area is 112 Å². The molecule has 102 valence electrons. The van der Waals surface area contributed by atoms with E-state index in [2.05, 4.69) is 15.0 Å². The lowest BCUT2D eigenvalue weighted by Crippen LogP contribution is -2.21. The first kappa shape index (κ1) is 15.1. The van der Waals surface area contributed by atoms with E-state index in [9.17, 15) is 20.3 Å². The summed E-state index contributed by atoms with van der Waals surface area (Å²) in [6.45, 7) is -0.0455. The van der Waals surface area contributed by atoms with Crippen LogP contribution in [0.15, 0.2) is 17.4 Å². The van der Waals surface area contributed by atoms with E-state index in [0.717, 1.165) is 12.3 Å². The van der Waals surface area contributed by atoms with Crippen LogP contribution < -0.4 is 0 Å². The molecular formula is C9H10ClN5O4. The van der Waals surface area contributed by atoms with Gasteiger partial charge in [-0.15, -0.1) is 0 Å². The lowest BCUT2D eigenvalue weighted by Gasteiger charge is -2.16. The quantitative estimate of drug-likeness (QED) is 0.269. The highest BCUT2D eigenvalue weighted by Crippen LogP contribution is 2.28. The topological polar surface area (TPSA) is 145 Å². The zero-order chi connectivity index (χ0) is 14.4. The van der Waals surface area contributed by atoms with Crippen LogP contribution in [0, 0.1) is 10.1 Å². The molecule has 1 heterocycles. The van der Waals surface area contributed by atoms with Gasteiger partial charge in [-0.2, -0.15) is 0 Å². The van der Waals surface area contributed by atoms with Crippen LogP contribution in [0.5, 0.6) is 0 Å². The van der Waals surface area contributed by atoms with Gasteiger partial charge >= 0.3 is 0 Å². The molecule has 0 aliphatic rings. The van der Waals surface area contributed by atoms with Crippen LogP contribution in [-0.4, -0.2) is 32.8 Å². The second-order valence-electron chi connectivity index (χ2n) is 3.57. The monoisotopic (exact) mass is 287 g/mol. The van der Waals surface area contributed by atoms with Crippen molar-refractivity contribution in [2.75, 3.05) is 6.54 Å². The maximum Gasteiger partial charge on any atom is 0.295 e. The Kier molecular flexibility index (Phi) is 5.46. The van der Waals surface area contributed by atoms with Crippen LogP contribution in [0.4, 0.5) is 5.69 Å². The van der Waals surface area contributed by atoms with Gasteiger partial charge in [0, 0.05) is 23.7 Å². The molecule has 0 aliphatic carbocycles. The molecule has 1 rings (SSSR count). The van der Waals surface area contributed by atoms with Crippen molar-refractivity contribution in [3.63, 3.8) is 0 Å². The number of aliphatic hydroxyl groups is 2. The van der Waals surface area contributed by atoms with E-state index in [1.54, 1.807) is 0 Å². The molecule has 0 bridgehead atoms. The van der Waals surface area contributed by atoms with Crippen LogP contribution in [0.1, 0.15) is 18.2 Å². The molecule has 1 aromatic rings. The number of aliphatic hydroxyl groups excluding tert-OH is 2. The maximum absolute atomic E-state index is 10.8. The lowest BCUT2D eigenvalue weighted by atomic mass is 10.1. The van der Waals surface area contributed by atoms with E-state index in [1.807, 2.05) is 0 Å². The summed E-state index contributed by atoms with van der Waals surface area (Å²) in [5.41, 5.74) is 7.31. The van der Waals surface area contributed by atoms with E-state index in [0.29, 0.717) is 0 Å². The zero-order valence-electron chi connectivity index (χ0n) is 9.55. The summed E-state index contributed by atoms with van der Waals surface area (Å²) in [6.07, 6.45) is -1.82. The highest BCUT2D eigenvalue weighted by atomic mass is 35.5. The van der Waals surface area contributed by atoms with Gasteiger partial charge in [-0.25, -0.2) is 4.98 Å². The number of rotatable bonds is 6. The van der Waals surface area contributed by atoms with E-state index in [-0.39, 0.29) is 23.7 Å². The SMILES string of the molecule is [N-]=[N+]=NCCC(O)C(O)c1ncc(Cl)cc1[N+](=O)[O-]. The van der Waals surface area contributed by atoms with Gasteiger partial charge in [0.2, 0.25) is 0 Å². The predicted molar refractivity (Wildman–Crippen MR) is 65.5 cm³/mol. The fourth-order valence-corrected chi connectivity index (χ4v) is 1.54. The number of halogens is 1. The van der Waals surface area contributed by atoms with Crippen LogP contribution in [-0.2, 0) is 0 Å². The van der Waals surface area contributed by atoms with Crippen molar-refractivity contribution < 1.29 is 15.1 Å². The third-order valence-corrected chi connectivity index (χ3v) is 2.50. The van der Waals surface area contributed by atoms with Gasteiger partial charge < -0.3 is 10.2 Å². The van der Waals surface area contributed by atoms with Crippen LogP contribution >= 0.6 is 11.6 Å². The van der Waals surface area contributed by atoms with Gasteiger partial charge in [0.05, 0.1) is 16.0 Å². The molecule has 0 aliphatic heterocycles. The Balaban J connectivity index is 2.95. The smallest absolute Gasteiger partial charge is 0.295 e. The van der Waals surface area contributed by atoms with Crippen molar-refractivity contribution in [3.8, 4) is 0 Å². The molecule has 0 aromatic carbocycles. The van der Waals surface area contributed by atoms with Crippen LogP contribution in [0.3, 0.4) is 0 Å². The molecule has 1 aromatic heterocycles. The summed E-state index contributed by atoms with van der Waals surface area (Å²) in [7, 11) is 0. The Morgan fingerprint density at radius 2 is 2.32 bits per heavy atom. The van der Waals surface area contributed by atoms with Crippen LogP contribution in [0.2, 0.25) is 5.02 Å². The van der Waals surface area contributed by atoms with E-state index >= 15 is 0 Å². The molecule has 0 spiro atoms. The van der Waals surface area contributed by atoms with E-state index in [4.69, 9.17) is 17.1 Å². The molecule has 2 atom stereocenters. The summed E-state index contributed by atoms with van der Waals surface area (Å²) < 4.78 is 0. The molecule has 0 saturated heterocycles. The molecule has 19 heavy (non-hydrogen) atoms. The lowest BCUT2D eigenvalue weighted by molar-refractivity contribution is -0.386. The first-order chi connectivity index (χ1) is 8.97. The third-order valence-electron chi connectivity index (χ3n) is 2.29. The number of azide groups is 1. The predicted octanol–water partition coefficient (Wildman–Crippen LogP) is 1.74. The van der Waals surface area contributed by atoms with Crippen molar-refractivity contribution in [2.24, 2.45) is 5.11 Å². The number of aromatic nitrogens is 1. The Morgan fingerprint density at radius 3 is 2.89 bits per heavy atom. The van der Waals surface area contributed by atoms with Crippen molar-refractivity contribution in [2.45, 2.75) is 18.6 Å². The summed E-state index contributed by atoms with van der Waals surface area (Å²) >= 11 is 5.58. The Bertz CT molecular complexity index is 519. The Morgan fingerprint density at radius 1 is 1.63 bits per heavy atom. The summed E-state index contributed by atoms with van der Waals surface area (Å²) in [5, 5.41) is 33.5. The number of nitrogens with zero attached hydrogens (tertiary/aromatic N) is 5. The van der Waals surface area contributed by atoms with Gasteiger partial charge in [0.25, 0.3) is 5.69 Å². The fourth-order valence-electron chi connectivity index (χ4n) is 1.39. The minimum absolute atomic E-state index is 0.0455. The van der Waals surface area contributed by atoms with Gasteiger partial charge in [-0.1, -0.05) is 16.7 Å². The molecular weight excluding hydrogens is 278 g/mol. The van der Waals surface area contributed by atoms with Gasteiger partial charge in [-0.05, 0) is 12.0 Å². The molecule has 2 unspecified atom stereocenters. The molecule has 0 fully saturated rings. The van der Waals surface area contributed by atoms with Crippen molar-refractivity contribution in [3.05, 3.63) is 43.5 Å². The van der Waals surface area contributed by atoms with Crippen LogP contribution in [0.25, 0.3) is 10.4 Å². The first-order valence-corrected chi connectivity index (χ1v) is 5.52. The largest absolute Gasteiger partial charge is 0.390 e. The molecule has 0 radical (unpaired) electrons. The molecule has 0 saturated carbocycles. The molecule has 2 N–H and O–H groups in total. The average Bonchev–Trinajstić information content (AvgIpc) is 2.38. The van der Waals surface area contributed by atoms with Crippen molar-refractivity contribution in [1.29, 1.82) is 0 Å². The number of pyridine rings is 1. The highest BCUT2D eigenvalue weighted by molar-refractivity contribution is 6.30. The van der Waals surface area contributed by atoms with Gasteiger partial charge in [0.15, 0.2) is 0 Å². The number of hydrogen-bond acceptors (Lipinski definition) is 6. The molecule has 10 heteroatoms. The van der Waals surface area contributed by atoms with Gasteiger partial charge in [-0.3, -0.25) is 10.1 Å². The minimum atomic E-state index is -1.56. The van der Waals surface area contributed by atoms with Crippen molar-refractivity contribution in [1.82, 2.24) is 4.98 Å². The summed E-state index contributed by atoms with van der Waals surface area (Å²) in [5.74, 6) is 0. The zero-order valence-corrected chi connectivity index (χ0v) is 10.3. The normalized spacial score (nSPS) is 13.4. The highest BCUT2D eigenvalue weighted by Gasteiger charge is 2.27. The maximum atomic E-state index is 10.8. The average molecular weight is 288 g/mol. The summed E-state index contributed by atoms with van der Waals surface area (Å²) in [4.78, 5) is 16.2. The first-order valence-electron chi connectivity index (χ1n) is 5.14. The van der Waals surface area contributed by atoms with Crippen molar-refractivity contribution >= 4 is 17.3 Å². The van der Waals surface area contributed by atoms with E-state index < -0.39 is 22.8 Å². The minimum Gasteiger partial charge on any atom is -0.390 e. The third kappa shape index (κ3) is 4.04. The van der Waals surface area contributed by atoms with E-state index in [1.165, 1.54) is 0 Å². The number of nitro groups is 1. The molecule has 9 nitrogen and oxygen atoms in total. The molecule has 0 amide bonds. The second kappa shape index (κ2) is 6.86.